The van der Waals surface area contributed by atoms with Crippen molar-refractivity contribution in [3.05, 3.63) is 99.8 Å². The lowest BCUT2D eigenvalue weighted by Gasteiger charge is -2.21. The molecule has 0 aliphatic carbocycles. The van der Waals surface area contributed by atoms with Crippen LogP contribution in [0, 0.1) is 0 Å². The topological polar surface area (TPSA) is 94.2 Å². The van der Waals surface area contributed by atoms with Crippen molar-refractivity contribution in [3.8, 4) is 11.5 Å². The highest BCUT2D eigenvalue weighted by molar-refractivity contribution is 9.10. The number of ketones is 1. The number of ether oxygens (including phenoxy) is 3. The highest BCUT2D eigenvalue weighted by atomic mass is 79.9. The van der Waals surface area contributed by atoms with Gasteiger partial charge in [0.15, 0.2) is 6.61 Å². The van der Waals surface area contributed by atoms with Crippen LogP contribution >= 0.6 is 15.9 Å². The summed E-state index contributed by atoms with van der Waals surface area (Å²) in [5.41, 5.74) is 2.87. The number of allylic oxidation sites excluding steroid dienone is 2. The molecule has 0 fully saturated rings. The monoisotopic (exact) mass is 576 g/mol. The Balaban J connectivity index is 1.49. The molecule has 1 amide bonds. The molecule has 1 N–H and O–H groups in total. The number of nitrogens with zero attached hydrogens (tertiary/aromatic N) is 1. The first kappa shape index (κ1) is 26.7. The number of halogens is 1. The molecule has 1 aliphatic heterocycles. The summed E-state index contributed by atoms with van der Waals surface area (Å²) in [5.74, 6) is -0.229. The summed E-state index contributed by atoms with van der Waals surface area (Å²) in [6, 6.07) is 21.3. The highest BCUT2D eigenvalue weighted by Gasteiger charge is 2.38. The first-order valence-corrected chi connectivity index (χ1v) is 12.4. The zero-order chi connectivity index (χ0) is 27.2. The number of anilines is 2. The zero-order valence-electron chi connectivity index (χ0n) is 21.0. The number of carbonyl (C=O) groups is 3. The molecule has 1 heterocycles. The molecule has 0 saturated heterocycles. The summed E-state index contributed by atoms with van der Waals surface area (Å²) in [6.45, 7) is 1.54. The Morgan fingerprint density at radius 2 is 1.55 bits per heavy atom. The van der Waals surface area contributed by atoms with Crippen molar-refractivity contribution in [1.29, 1.82) is 0 Å². The van der Waals surface area contributed by atoms with Gasteiger partial charge in [-0.2, -0.15) is 0 Å². The number of methoxy groups -OCH3 is 2. The Morgan fingerprint density at radius 3 is 2.16 bits per heavy atom. The summed E-state index contributed by atoms with van der Waals surface area (Å²) in [7, 11) is 2.82. The first-order valence-electron chi connectivity index (χ1n) is 11.6. The third-order valence-electron chi connectivity index (χ3n) is 5.80. The van der Waals surface area contributed by atoms with E-state index in [1.807, 2.05) is 24.3 Å². The molecule has 4 rings (SSSR count). The Kier molecular flexibility index (Phi) is 8.28. The second-order valence-corrected chi connectivity index (χ2v) is 9.17. The number of amides is 1. The van der Waals surface area contributed by atoms with Crippen LogP contribution in [0.25, 0.3) is 6.08 Å². The van der Waals surface area contributed by atoms with E-state index in [1.165, 1.54) is 7.11 Å². The molecule has 0 spiro atoms. The number of benzene rings is 3. The molecule has 3 aromatic rings. The van der Waals surface area contributed by atoms with E-state index in [0.717, 1.165) is 10.2 Å². The standard InChI is InChI=1S/C29H25BrN2O6/c1-18-27(29(35)37-3)28(34)25(32(18)22-10-6-20(30)7-11-22)16-19-4-12-24(13-5-19)38-17-26(33)31-21-8-14-23(36-2)15-9-21/h4-16H,17H2,1-3H3,(H,31,33)/b25-16-. The molecule has 38 heavy (non-hydrogen) atoms. The summed E-state index contributed by atoms with van der Waals surface area (Å²) in [6.07, 6.45) is 1.70. The summed E-state index contributed by atoms with van der Waals surface area (Å²) >= 11 is 3.42. The molecule has 1 aliphatic rings. The maximum absolute atomic E-state index is 13.2. The van der Waals surface area contributed by atoms with E-state index in [4.69, 9.17) is 14.2 Å². The molecule has 0 aromatic heterocycles. The fraction of sp³-hybridized carbons (Fsp3) is 0.138. The van der Waals surface area contributed by atoms with Crippen LogP contribution in [0.5, 0.6) is 11.5 Å². The van der Waals surface area contributed by atoms with Crippen LogP contribution in [-0.2, 0) is 19.1 Å². The van der Waals surface area contributed by atoms with Crippen molar-refractivity contribution in [1.82, 2.24) is 0 Å². The van der Waals surface area contributed by atoms with E-state index in [1.54, 1.807) is 73.5 Å². The van der Waals surface area contributed by atoms with Crippen molar-refractivity contribution in [3.63, 3.8) is 0 Å². The Hall–Kier alpha value is -4.37. The second kappa shape index (κ2) is 11.8. The van der Waals surface area contributed by atoms with Gasteiger partial charge in [-0.15, -0.1) is 0 Å². The van der Waals surface area contributed by atoms with Crippen LogP contribution in [-0.4, -0.2) is 38.5 Å². The van der Waals surface area contributed by atoms with Crippen molar-refractivity contribution >= 4 is 51.0 Å². The third-order valence-corrected chi connectivity index (χ3v) is 6.33. The van der Waals surface area contributed by atoms with E-state index >= 15 is 0 Å². The summed E-state index contributed by atoms with van der Waals surface area (Å²) in [5, 5.41) is 2.76. The van der Waals surface area contributed by atoms with Gasteiger partial charge in [0.25, 0.3) is 5.91 Å². The van der Waals surface area contributed by atoms with E-state index < -0.39 is 11.8 Å². The van der Waals surface area contributed by atoms with Crippen molar-refractivity contribution in [2.24, 2.45) is 0 Å². The fourth-order valence-electron chi connectivity index (χ4n) is 3.92. The summed E-state index contributed by atoms with van der Waals surface area (Å²) < 4.78 is 16.5. The lowest BCUT2D eigenvalue weighted by Crippen LogP contribution is -2.20. The third kappa shape index (κ3) is 5.95. The van der Waals surface area contributed by atoms with Gasteiger partial charge in [-0.05, 0) is 79.2 Å². The Morgan fingerprint density at radius 1 is 0.921 bits per heavy atom. The van der Waals surface area contributed by atoms with Gasteiger partial charge in [0, 0.05) is 21.5 Å². The van der Waals surface area contributed by atoms with Crippen LogP contribution in [0.3, 0.4) is 0 Å². The molecule has 9 heteroatoms. The quantitative estimate of drug-likeness (QED) is 0.219. The zero-order valence-corrected chi connectivity index (χ0v) is 22.6. The van der Waals surface area contributed by atoms with Gasteiger partial charge >= 0.3 is 5.97 Å². The molecule has 0 bridgehead atoms. The van der Waals surface area contributed by atoms with Gasteiger partial charge in [0.1, 0.15) is 17.1 Å². The van der Waals surface area contributed by atoms with E-state index in [2.05, 4.69) is 21.2 Å². The first-order chi connectivity index (χ1) is 18.3. The van der Waals surface area contributed by atoms with Gasteiger partial charge in [0.05, 0.1) is 19.9 Å². The van der Waals surface area contributed by atoms with Crippen molar-refractivity contribution in [2.75, 3.05) is 31.0 Å². The van der Waals surface area contributed by atoms with E-state index in [9.17, 15) is 14.4 Å². The molecule has 0 saturated carbocycles. The van der Waals surface area contributed by atoms with Crippen molar-refractivity contribution < 1.29 is 28.6 Å². The molecule has 0 radical (unpaired) electrons. The SMILES string of the molecule is COC(=O)C1=C(C)N(c2ccc(Br)cc2)/C(=C\c2ccc(OCC(=O)Nc3ccc(OC)cc3)cc2)C1=O. The second-order valence-electron chi connectivity index (χ2n) is 8.26. The minimum absolute atomic E-state index is 0.00973. The van der Waals surface area contributed by atoms with Gasteiger partial charge in [-0.1, -0.05) is 28.1 Å². The van der Waals surface area contributed by atoms with Crippen LogP contribution in [0.15, 0.2) is 94.2 Å². The van der Waals surface area contributed by atoms with Gasteiger partial charge in [0.2, 0.25) is 5.78 Å². The Bertz CT molecular complexity index is 1410. The summed E-state index contributed by atoms with van der Waals surface area (Å²) in [4.78, 5) is 39.6. The lowest BCUT2D eigenvalue weighted by molar-refractivity contribution is -0.137. The number of hydrogen-bond donors (Lipinski definition) is 1. The predicted molar refractivity (Wildman–Crippen MR) is 148 cm³/mol. The maximum atomic E-state index is 13.2. The van der Waals surface area contributed by atoms with E-state index in [0.29, 0.717) is 34.1 Å². The fourth-order valence-corrected chi connectivity index (χ4v) is 4.18. The van der Waals surface area contributed by atoms with Gasteiger partial charge in [-0.25, -0.2) is 4.79 Å². The van der Waals surface area contributed by atoms with Gasteiger partial charge in [-0.3, -0.25) is 9.59 Å². The lowest BCUT2D eigenvalue weighted by atomic mass is 10.1. The van der Waals surface area contributed by atoms with Crippen LogP contribution in [0.2, 0.25) is 0 Å². The number of Topliss-reactive ketones (excluding diaryl/α,β-unsaturated/α-hetero) is 1. The minimum Gasteiger partial charge on any atom is -0.497 e. The smallest absolute Gasteiger partial charge is 0.343 e. The molecular weight excluding hydrogens is 552 g/mol. The van der Waals surface area contributed by atoms with E-state index in [-0.39, 0.29) is 18.1 Å². The number of nitrogens with one attached hydrogen (secondary N) is 1. The minimum atomic E-state index is -0.685. The largest absolute Gasteiger partial charge is 0.497 e. The number of rotatable bonds is 8. The van der Waals surface area contributed by atoms with Crippen LogP contribution in [0.4, 0.5) is 11.4 Å². The van der Waals surface area contributed by atoms with Gasteiger partial charge < -0.3 is 24.4 Å². The molecule has 8 nitrogen and oxygen atoms in total. The number of hydrogen-bond acceptors (Lipinski definition) is 7. The maximum Gasteiger partial charge on any atom is 0.343 e. The molecule has 0 atom stereocenters. The average molecular weight is 577 g/mol. The number of esters is 1. The van der Waals surface area contributed by atoms with Crippen molar-refractivity contribution in [2.45, 2.75) is 6.92 Å². The molecule has 0 unspecified atom stereocenters. The molecular formula is C29H25BrN2O6. The predicted octanol–water partition coefficient (Wildman–Crippen LogP) is 5.35. The molecule has 3 aromatic carbocycles. The number of carbonyl (C=O) groups excluding carboxylic acids is 3. The average Bonchev–Trinajstić information content (AvgIpc) is 3.17. The Labute approximate surface area is 228 Å². The van der Waals surface area contributed by atoms with Crippen LogP contribution < -0.4 is 19.7 Å². The van der Waals surface area contributed by atoms with Crippen LogP contribution in [0.1, 0.15) is 12.5 Å². The normalized spacial score (nSPS) is 14.1. The molecule has 194 valence electrons. The highest BCUT2D eigenvalue weighted by Crippen LogP contribution is 2.36.